The molecule has 0 saturated carbocycles. The van der Waals surface area contributed by atoms with Crippen molar-refractivity contribution in [2.75, 3.05) is 6.54 Å². The van der Waals surface area contributed by atoms with Gasteiger partial charge in [0.25, 0.3) is 0 Å². The third-order valence-electron chi connectivity index (χ3n) is 3.50. The molecular weight excluding hydrogens is 246 g/mol. The predicted molar refractivity (Wildman–Crippen MR) is 83.9 cm³/mol. The molecule has 0 heterocycles. The Kier molecular flexibility index (Phi) is 5.63. The number of phenolic OH excluding ortho intramolecular Hbond substituents is 1. The van der Waals surface area contributed by atoms with Crippen LogP contribution >= 0.6 is 0 Å². The number of hydrogen-bond donors (Lipinski definition) is 2. The Morgan fingerprint density at radius 2 is 1.70 bits per heavy atom. The van der Waals surface area contributed by atoms with Gasteiger partial charge in [-0.2, -0.15) is 0 Å². The van der Waals surface area contributed by atoms with E-state index >= 15 is 0 Å². The summed E-state index contributed by atoms with van der Waals surface area (Å²) in [6, 6.07) is 18.5. The fourth-order valence-corrected chi connectivity index (χ4v) is 2.36. The van der Waals surface area contributed by atoms with E-state index in [9.17, 15) is 5.11 Å². The summed E-state index contributed by atoms with van der Waals surface area (Å²) in [6.45, 7) is 3.23. The summed E-state index contributed by atoms with van der Waals surface area (Å²) in [5, 5.41) is 12.9. The monoisotopic (exact) mass is 269 g/mol. The van der Waals surface area contributed by atoms with Crippen molar-refractivity contribution in [3.63, 3.8) is 0 Å². The fraction of sp³-hybridized carbons (Fsp3) is 0.333. The second kappa shape index (κ2) is 7.71. The van der Waals surface area contributed by atoms with E-state index in [1.54, 1.807) is 12.1 Å². The zero-order valence-corrected chi connectivity index (χ0v) is 12.0. The Balaban J connectivity index is 1.99. The van der Waals surface area contributed by atoms with Crippen LogP contribution in [0, 0.1) is 0 Å². The highest BCUT2D eigenvalue weighted by atomic mass is 16.3. The van der Waals surface area contributed by atoms with Crippen LogP contribution in [-0.4, -0.2) is 11.7 Å². The summed E-state index contributed by atoms with van der Waals surface area (Å²) in [5.41, 5.74) is 2.61. The van der Waals surface area contributed by atoms with Gasteiger partial charge in [0.05, 0.1) is 0 Å². The Morgan fingerprint density at radius 1 is 1.00 bits per heavy atom. The second-order valence-corrected chi connectivity index (χ2v) is 5.12. The van der Waals surface area contributed by atoms with Crippen molar-refractivity contribution >= 4 is 0 Å². The molecular formula is C18H23NO. The van der Waals surface area contributed by atoms with E-state index in [-0.39, 0.29) is 0 Å². The Labute approximate surface area is 121 Å². The highest BCUT2D eigenvalue weighted by molar-refractivity contribution is 5.26. The van der Waals surface area contributed by atoms with Gasteiger partial charge in [-0.25, -0.2) is 0 Å². The number of aromatic hydroxyl groups is 1. The normalized spacial score (nSPS) is 12.2. The summed E-state index contributed by atoms with van der Waals surface area (Å²) in [7, 11) is 0. The lowest BCUT2D eigenvalue weighted by molar-refractivity contribution is 0.474. The van der Waals surface area contributed by atoms with Crippen molar-refractivity contribution < 1.29 is 5.11 Å². The Bertz CT molecular complexity index is 493. The molecule has 1 unspecified atom stereocenters. The SMILES string of the molecule is CCCNC(CCc1ccc(O)cc1)c1ccccc1. The zero-order chi connectivity index (χ0) is 14.2. The van der Waals surface area contributed by atoms with E-state index in [4.69, 9.17) is 0 Å². The molecule has 2 nitrogen and oxygen atoms in total. The van der Waals surface area contributed by atoms with Gasteiger partial charge in [0.1, 0.15) is 5.75 Å². The lowest BCUT2D eigenvalue weighted by Crippen LogP contribution is -2.22. The van der Waals surface area contributed by atoms with Gasteiger partial charge in [0, 0.05) is 6.04 Å². The second-order valence-electron chi connectivity index (χ2n) is 5.12. The van der Waals surface area contributed by atoms with E-state index in [2.05, 4.69) is 42.6 Å². The van der Waals surface area contributed by atoms with Crippen molar-refractivity contribution in [3.05, 3.63) is 65.7 Å². The van der Waals surface area contributed by atoms with Gasteiger partial charge in [-0.3, -0.25) is 0 Å². The molecule has 2 aromatic carbocycles. The van der Waals surface area contributed by atoms with Gasteiger partial charge in [-0.1, -0.05) is 49.4 Å². The van der Waals surface area contributed by atoms with E-state index in [1.165, 1.54) is 11.1 Å². The van der Waals surface area contributed by atoms with Crippen molar-refractivity contribution in [2.45, 2.75) is 32.2 Å². The van der Waals surface area contributed by atoms with Gasteiger partial charge in [-0.15, -0.1) is 0 Å². The zero-order valence-electron chi connectivity index (χ0n) is 12.0. The molecule has 0 aliphatic rings. The van der Waals surface area contributed by atoms with Crippen molar-refractivity contribution in [2.24, 2.45) is 0 Å². The van der Waals surface area contributed by atoms with Crippen molar-refractivity contribution in [3.8, 4) is 5.75 Å². The standard InChI is InChI=1S/C18H23NO/c1-2-14-19-18(16-6-4-3-5-7-16)13-10-15-8-11-17(20)12-9-15/h3-9,11-12,18-20H,2,10,13-14H2,1H3. The van der Waals surface area contributed by atoms with Crippen LogP contribution in [-0.2, 0) is 6.42 Å². The quantitative estimate of drug-likeness (QED) is 0.794. The molecule has 0 saturated heterocycles. The van der Waals surface area contributed by atoms with E-state index in [0.717, 1.165) is 25.8 Å². The molecule has 0 amide bonds. The van der Waals surface area contributed by atoms with Gasteiger partial charge in [-0.05, 0) is 49.1 Å². The number of hydrogen-bond acceptors (Lipinski definition) is 2. The molecule has 0 radical (unpaired) electrons. The molecule has 0 fully saturated rings. The average molecular weight is 269 g/mol. The van der Waals surface area contributed by atoms with Gasteiger partial charge >= 0.3 is 0 Å². The van der Waals surface area contributed by atoms with Crippen LogP contribution in [0.25, 0.3) is 0 Å². The first kappa shape index (κ1) is 14.6. The van der Waals surface area contributed by atoms with Crippen LogP contribution in [0.3, 0.4) is 0 Å². The van der Waals surface area contributed by atoms with Crippen LogP contribution in [0.15, 0.2) is 54.6 Å². The molecule has 0 aromatic heterocycles. The fourth-order valence-electron chi connectivity index (χ4n) is 2.36. The minimum atomic E-state index is 0.331. The maximum Gasteiger partial charge on any atom is 0.115 e. The lowest BCUT2D eigenvalue weighted by atomic mass is 9.99. The molecule has 2 aromatic rings. The predicted octanol–water partition coefficient (Wildman–Crippen LogP) is 4.07. The molecule has 0 aliphatic carbocycles. The van der Waals surface area contributed by atoms with E-state index in [1.807, 2.05) is 12.1 Å². The summed E-state index contributed by atoms with van der Waals surface area (Å²) in [5.74, 6) is 0.331. The molecule has 20 heavy (non-hydrogen) atoms. The average Bonchev–Trinajstić information content (AvgIpc) is 2.50. The van der Waals surface area contributed by atoms with Crippen LogP contribution in [0.2, 0.25) is 0 Å². The molecule has 0 aliphatic heterocycles. The summed E-state index contributed by atoms with van der Waals surface area (Å²) < 4.78 is 0. The Morgan fingerprint density at radius 3 is 2.35 bits per heavy atom. The topological polar surface area (TPSA) is 32.3 Å². The molecule has 2 heteroatoms. The number of aryl methyl sites for hydroxylation is 1. The molecule has 106 valence electrons. The largest absolute Gasteiger partial charge is 0.508 e. The highest BCUT2D eigenvalue weighted by Gasteiger charge is 2.10. The van der Waals surface area contributed by atoms with Crippen LogP contribution < -0.4 is 5.32 Å². The minimum Gasteiger partial charge on any atom is -0.508 e. The van der Waals surface area contributed by atoms with Gasteiger partial charge in [0.15, 0.2) is 0 Å². The minimum absolute atomic E-state index is 0.331. The lowest BCUT2D eigenvalue weighted by Gasteiger charge is -2.19. The van der Waals surface area contributed by atoms with Gasteiger partial charge < -0.3 is 10.4 Å². The van der Waals surface area contributed by atoms with E-state index in [0.29, 0.717) is 11.8 Å². The first-order chi connectivity index (χ1) is 9.79. The molecule has 2 N–H and O–H groups in total. The summed E-state index contributed by atoms with van der Waals surface area (Å²) in [6.07, 6.45) is 3.22. The van der Waals surface area contributed by atoms with Crippen LogP contribution in [0.5, 0.6) is 5.75 Å². The van der Waals surface area contributed by atoms with Crippen molar-refractivity contribution in [1.29, 1.82) is 0 Å². The highest BCUT2D eigenvalue weighted by Crippen LogP contribution is 2.20. The molecule has 0 bridgehead atoms. The maximum absolute atomic E-state index is 9.32. The number of phenols is 1. The third kappa shape index (κ3) is 4.39. The first-order valence-corrected chi connectivity index (χ1v) is 7.36. The van der Waals surface area contributed by atoms with Crippen LogP contribution in [0.1, 0.15) is 36.9 Å². The third-order valence-corrected chi connectivity index (χ3v) is 3.50. The number of benzene rings is 2. The number of nitrogens with one attached hydrogen (secondary N) is 1. The molecule has 0 spiro atoms. The molecule has 2 rings (SSSR count). The van der Waals surface area contributed by atoms with Crippen LogP contribution in [0.4, 0.5) is 0 Å². The smallest absolute Gasteiger partial charge is 0.115 e. The van der Waals surface area contributed by atoms with Crippen molar-refractivity contribution in [1.82, 2.24) is 5.32 Å². The van der Waals surface area contributed by atoms with E-state index < -0.39 is 0 Å². The maximum atomic E-state index is 9.32. The number of rotatable bonds is 7. The molecule has 1 atom stereocenters. The van der Waals surface area contributed by atoms with Gasteiger partial charge in [0.2, 0.25) is 0 Å². The summed E-state index contributed by atoms with van der Waals surface area (Å²) >= 11 is 0. The summed E-state index contributed by atoms with van der Waals surface area (Å²) in [4.78, 5) is 0. The Hall–Kier alpha value is -1.80. The first-order valence-electron chi connectivity index (χ1n) is 7.36.